The first kappa shape index (κ1) is 18.6. The zero-order valence-corrected chi connectivity index (χ0v) is 14.7. The van der Waals surface area contributed by atoms with Crippen LogP contribution >= 0.6 is 0 Å². The van der Waals surface area contributed by atoms with Crippen molar-refractivity contribution in [3.63, 3.8) is 0 Å². The van der Waals surface area contributed by atoms with Gasteiger partial charge in [0.15, 0.2) is 0 Å². The Hall–Kier alpha value is -1.74. The fourth-order valence-electron chi connectivity index (χ4n) is 2.10. The molecule has 8 heteroatoms. The summed E-state index contributed by atoms with van der Waals surface area (Å²) in [6, 6.07) is 17.6. The van der Waals surface area contributed by atoms with Crippen LogP contribution in [0.15, 0.2) is 60.7 Å². The van der Waals surface area contributed by atoms with E-state index in [0.717, 1.165) is 0 Å². The van der Waals surface area contributed by atoms with E-state index in [2.05, 4.69) is 9.44 Å². The van der Waals surface area contributed by atoms with Crippen LogP contribution in [0.1, 0.15) is 11.1 Å². The third kappa shape index (κ3) is 6.79. The molecule has 0 radical (unpaired) electrons. The number of hydrogen-bond acceptors (Lipinski definition) is 4. The monoisotopic (exact) mass is 368 g/mol. The smallest absolute Gasteiger partial charge is 0.214 e. The summed E-state index contributed by atoms with van der Waals surface area (Å²) in [6.45, 7) is 0.00632. The van der Waals surface area contributed by atoms with Crippen molar-refractivity contribution in [3.8, 4) is 0 Å². The standard InChI is InChI=1S/C16H20N2O4S2/c19-23(20,13-15-7-3-1-4-8-15)17-11-12-18-24(21,22)14-16-9-5-2-6-10-16/h1-10,17-18H,11-14H2. The molecule has 130 valence electrons. The molecule has 2 aromatic rings. The SMILES string of the molecule is O=S(=O)(Cc1ccccc1)NCCNS(=O)(=O)Cc1ccccc1. The highest BCUT2D eigenvalue weighted by Crippen LogP contribution is 2.05. The average molecular weight is 368 g/mol. The molecule has 0 saturated carbocycles. The Bertz CT molecular complexity index is 763. The first-order chi connectivity index (χ1) is 11.4. The molecule has 0 unspecified atom stereocenters. The number of nitrogens with one attached hydrogen (secondary N) is 2. The molecule has 0 spiro atoms. The minimum atomic E-state index is -3.50. The molecule has 6 nitrogen and oxygen atoms in total. The van der Waals surface area contributed by atoms with Crippen LogP contribution in [0.2, 0.25) is 0 Å². The van der Waals surface area contributed by atoms with Crippen LogP contribution in [0.3, 0.4) is 0 Å². The maximum atomic E-state index is 11.9. The van der Waals surface area contributed by atoms with Crippen LogP contribution in [0.5, 0.6) is 0 Å². The second-order valence-electron chi connectivity index (χ2n) is 5.28. The van der Waals surface area contributed by atoms with Crippen molar-refractivity contribution >= 4 is 20.0 Å². The number of sulfonamides is 2. The Morgan fingerprint density at radius 1 is 0.583 bits per heavy atom. The van der Waals surface area contributed by atoms with Crippen LogP contribution in [-0.4, -0.2) is 29.9 Å². The summed E-state index contributed by atoms with van der Waals surface area (Å²) in [5.41, 5.74) is 1.35. The maximum Gasteiger partial charge on any atom is 0.215 e. The molecular formula is C16H20N2O4S2. The zero-order chi connectivity index (χ0) is 17.5. The van der Waals surface area contributed by atoms with Gasteiger partial charge in [-0.15, -0.1) is 0 Å². The van der Waals surface area contributed by atoms with Gasteiger partial charge in [-0.3, -0.25) is 0 Å². The van der Waals surface area contributed by atoms with Gasteiger partial charge < -0.3 is 0 Å². The zero-order valence-electron chi connectivity index (χ0n) is 13.1. The lowest BCUT2D eigenvalue weighted by Crippen LogP contribution is -2.35. The van der Waals surface area contributed by atoms with Gasteiger partial charge in [0.05, 0.1) is 11.5 Å². The summed E-state index contributed by atoms with van der Waals surface area (Å²) in [5.74, 6) is -0.269. The van der Waals surface area contributed by atoms with Gasteiger partial charge in [0.25, 0.3) is 0 Å². The molecule has 0 amide bonds. The largest absolute Gasteiger partial charge is 0.215 e. The van der Waals surface area contributed by atoms with Gasteiger partial charge in [-0.25, -0.2) is 26.3 Å². The highest BCUT2D eigenvalue weighted by molar-refractivity contribution is 7.89. The quantitative estimate of drug-likeness (QED) is 0.651. The second kappa shape index (κ2) is 8.39. The van der Waals surface area contributed by atoms with E-state index < -0.39 is 20.0 Å². The van der Waals surface area contributed by atoms with E-state index in [-0.39, 0.29) is 24.6 Å². The van der Waals surface area contributed by atoms with E-state index in [0.29, 0.717) is 11.1 Å². The molecule has 0 fully saturated rings. The van der Waals surface area contributed by atoms with Crippen molar-refractivity contribution in [2.75, 3.05) is 13.1 Å². The van der Waals surface area contributed by atoms with Crippen LogP contribution in [-0.2, 0) is 31.6 Å². The molecule has 24 heavy (non-hydrogen) atoms. The molecule has 0 aliphatic carbocycles. The van der Waals surface area contributed by atoms with Gasteiger partial charge in [0, 0.05) is 13.1 Å². The molecule has 0 aliphatic rings. The van der Waals surface area contributed by atoms with Crippen LogP contribution < -0.4 is 9.44 Å². The van der Waals surface area contributed by atoms with Crippen LogP contribution in [0.25, 0.3) is 0 Å². The van der Waals surface area contributed by atoms with Crippen molar-refractivity contribution in [2.45, 2.75) is 11.5 Å². The molecule has 0 bridgehead atoms. The minimum absolute atomic E-state index is 0.00316. The minimum Gasteiger partial charge on any atom is -0.214 e. The molecule has 0 aliphatic heterocycles. The Labute approximate surface area is 143 Å². The number of rotatable bonds is 9. The summed E-state index contributed by atoms with van der Waals surface area (Å²) in [6.07, 6.45) is 0. The van der Waals surface area contributed by atoms with Crippen molar-refractivity contribution in [1.29, 1.82) is 0 Å². The summed E-state index contributed by atoms with van der Waals surface area (Å²) in [7, 11) is -6.99. The number of benzene rings is 2. The summed E-state index contributed by atoms with van der Waals surface area (Å²) in [4.78, 5) is 0. The fourth-order valence-corrected chi connectivity index (χ4v) is 4.40. The van der Waals surface area contributed by atoms with Crippen molar-refractivity contribution < 1.29 is 16.8 Å². The van der Waals surface area contributed by atoms with Crippen molar-refractivity contribution in [2.24, 2.45) is 0 Å². The van der Waals surface area contributed by atoms with Crippen LogP contribution in [0.4, 0.5) is 0 Å². The average Bonchev–Trinajstić information content (AvgIpc) is 2.53. The number of hydrogen-bond donors (Lipinski definition) is 2. The lowest BCUT2D eigenvalue weighted by molar-refractivity contribution is 0.569. The Kier molecular flexibility index (Phi) is 6.50. The predicted molar refractivity (Wildman–Crippen MR) is 94.1 cm³/mol. The third-order valence-electron chi connectivity index (χ3n) is 3.17. The van der Waals surface area contributed by atoms with E-state index in [1.54, 1.807) is 48.5 Å². The summed E-state index contributed by atoms with van der Waals surface area (Å²) in [5, 5.41) is 0. The first-order valence-corrected chi connectivity index (χ1v) is 10.7. The molecule has 2 rings (SSSR count). The van der Waals surface area contributed by atoms with Gasteiger partial charge in [0.1, 0.15) is 0 Å². The van der Waals surface area contributed by atoms with Crippen molar-refractivity contribution in [1.82, 2.24) is 9.44 Å². The Morgan fingerprint density at radius 2 is 0.917 bits per heavy atom. The Balaban J connectivity index is 1.77. The van der Waals surface area contributed by atoms with Crippen LogP contribution in [0, 0.1) is 0 Å². The molecule has 0 atom stereocenters. The highest BCUT2D eigenvalue weighted by Gasteiger charge is 2.13. The molecule has 0 heterocycles. The van der Waals surface area contributed by atoms with E-state index in [4.69, 9.17) is 0 Å². The van der Waals surface area contributed by atoms with Crippen molar-refractivity contribution in [3.05, 3.63) is 71.8 Å². The fraction of sp³-hybridized carbons (Fsp3) is 0.250. The van der Waals surface area contributed by atoms with Gasteiger partial charge in [-0.2, -0.15) is 0 Å². The lowest BCUT2D eigenvalue weighted by atomic mass is 10.2. The predicted octanol–water partition coefficient (Wildman–Crippen LogP) is 1.23. The molecule has 0 aromatic heterocycles. The van der Waals surface area contributed by atoms with E-state index in [9.17, 15) is 16.8 Å². The van der Waals surface area contributed by atoms with E-state index in [1.165, 1.54) is 0 Å². The van der Waals surface area contributed by atoms with Gasteiger partial charge in [-0.05, 0) is 11.1 Å². The summed E-state index contributed by atoms with van der Waals surface area (Å²) < 4.78 is 52.5. The van der Waals surface area contributed by atoms with E-state index >= 15 is 0 Å². The highest BCUT2D eigenvalue weighted by atomic mass is 32.2. The molecule has 2 aromatic carbocycles. The van der Waals surface area contributed by atoms with Gasteiger partial charge in [-0.1, -0.05) is 60.7 Å². The summed E-state index contributed by atoms with van der Waals surface area (Å²) >= 11 is 0. The maximum absolute atomic E-state index is 11.9. The normalized spacial score (nSPS) is 12.2. The molecular weight excluding hydrogens is 348 g/mol. The van der Waals surface area contributed by atoms with Gasteiger partial charge in [0.2, 0.25) is 20.0 Å². The molecule has 2 N–H and O–H groups in total. The third-order valence-corrected chi connectivity index (χ3v) is 5.88. The topological polar surface area (TPSA) is 92.3 Å². The Morgan fingerprint density at radius 3 is 1.25 bits per heavy atom. The molecule has 0 saturated heterocycles. The lowest BCUT2D eigenvalue weighted by Gasteiger charge is -2.09. The first-order valence-electron chi connectivity index (χ1n) is 7.39. The van der Waals surface area contributed by atoms with Gasteiger partial charge >= 0.3 is 0 Å². The second-order valence-corrected chi connectivity index (χ2v) is 8.89. The van der Waals surface area contributed by atoms with E-state index in [1.807, 2.05) is 12.1 Å².